The molecule has 2 atom stereocenters. The number of nitrogens with one attached hydrogen (secondary N) is 2. The Hall–Kier alpha value is -1.06. The summed E-state index contributed by atoms with van der Waals surface area (Å²) in [6, 6.07) is 7.68. The van der Waals surface area contributed by atoms with E-state index in [1.807, 2.05) is 38.1 Å². The van der Waals surface area contributed by atoms with Crippen LogP contribution in [0.4, 0.5) is 0 Å². The molecule has 0 aliphatic heterocycles. The molecule has 0 bridgehead atoms. The first kappa shape index (κ1) is 16.0. The number of hydrogen-bond donors (Lipinski definition) is 2. The zero-order valence-corrected chi connectivity index (χ0v) is 12.6. The fraction of sp³-hybridized carbons (Fsp3) is 0.533. The number of hydrogen-bond acceptors (Lipinski definition) is 2. The normalized spacial score (nSPS) is 13.9. The van der Waals surface area contributed by atoms with E-state index in [1.54, 1.807) is 0 Å². The van der Waals surface area contributed by atoms with Crippen LogP contribution >= 0.6 is 11.6 Å². The Bertz CT molecular complexity index is 409. The summed E-state index contributed by atoms with van der Waals surface area (Å²) in [6.45, 7) is 7.60. The lowest BCUT2D eigenvalue weighted by atomic mass is 10.0. The Morgan fingerprint density at radius 3 is 2.68 bits per heavy atom. The van der Waals surface area contributed by atoms with Crippen molar-refractivity contribution in [2.45, 2.75) is 33.2 Å². The minimum absolute atomic E-state index is 0.0234. The predicted molar refractivity (Wildman–Crippen MR) is 80.3 cm³/mol. The molecular formula is C15H23ClN2O. The fourth-order valence-corrected chi connectivity index (χ4v) is 2.11. The Morgan fingerprint density at radius 1 is 1.37 bits per heavy atom. The van der Waals surface area contributed by atoms with Crippen LogP contribution in [0, 0.1) is 5.92 Å². The summed E-state index contributed by atoms with van der Waals surface area (Å²) >= 11 is 5.99. The number of rotatable bonds is 7. The van der Waals surface area contributed by atoms with Crippen molar-refractivity contribution in [2.75, 3.05) is 13.1 Å². The van der Waals surface area contributed by atoms with Crippen LogP contribution in [-0.4, -0.2) is 19.0 Å². The Morgan fingerprint density at radius 2 is 2.11 bits per heavy atom. The van der Waals surface area contributed by atoms with Gasteiger partial charge in [-0.3, -0.25) is 4.79 Å². The van der Waals surface area contributed by atoms with E-state index in [0.717, 1.165) is 18.5 Å². The van der Waals surface area contributed by atoms with E-state index in [1.165, 1.54) is 0 Å². The van der Waals surface area contributed by atoms with Crippen LogP contribution in [0.2, 0.25) is 5.02 Å². The molecule has 4 heteroatoms. The summed E-state index contributed by atoms with van der Waals surface area (Å²) in [4.78, 5) is 12.1. The van der Waals surface area contributed by atoms with Crippen molar-refractivity contribution in [3.63, 3.8) is 0 Å². The lowest BCUT2D eigenvalue weighted by Crippen LogP contribution is -2.37. The summed E-state index contributed by atoms with van der Waals surface area (Å²) < 4.78 is 0. The lowest BCUT2D eigenvalue weighted by molar-refractivity contribution is -0.125. The van der Waals surface area contributed by atoms with Gasteiger partial charge in [0.2, 0.25) is 5.91 Å². The molecule has 106 valence electrons. The van der Waals surface area contributed by atoms with Crippen LogP contribution < -0.4 is 10.6 Å². The zero-order valence-electron chi connectivity index (χ0n) is 11.9. The average Bonchev–Trinajstić information content (AvgIpc) is 2.41. The Balaban J connectivity index is 2.64. The van der Waals surface area contributed by atoms with Gasteiger partial charge in [-0.15, -0.1) is 0 Å². The third-order valence-corrected chi connectivity index (χ3v) is 3.36. The minimum atomic E-state index is -0.0341. The molecule has 2 N–H and O–H groups in total. The number of carbonyl (C=O) groups excluding carboxylic acids is 1. The van der Waals surface area contributed by atoms with Crippen LogP contribution in [-0.2, 0) is 4.79 Å². The molecule has 1 rings (SSSR count). The summed E-state index contributed by atoms with van der Waals surface area (Å²) in [6.07, 6.45) is 0.847. The van der Waals surface area contributed by atoms with Gasteiger partial charge in [0.15, 0.2) is 0 Å². The highest BCUT2D eigenvalue weighted by Crippen LogP contribution is 2.20. The van der Waals surface area contributed by atoms with Crippen molar-refractivity contribution in [3.8, 4) is 0 Å². The summed E-state index contributed by atoms with van der Waals surface area (Å²) in [7, 11) is 0. The maximum Gasteiger partial charge on any atom is 0.224 e. The highest BCUT2D eigenvalue weighted by atomic mass is 35.5. The predicted octanol–water partition coefficient (Wildman–Crippen LogP) is 3.15. The number of carbonyl (C=O) groups is 1. The van der Waals surface area contributed by atoms with Gasteiger partial charge >= 0.3 is 0 Å². The molecule has 0 aliphatic carbocycles. The van der Waals surface area contributed by atoms with E-state index in [2.05, 4.69) is 17.6 Å². The monoisotopic (exact) mass is 282 g/mol. The van der Waals surface area contributed by atoms with E-state index in [9.17, 15) is 4.79 Å². The first-order chi connectivity index (χ1) is 9.08. The average molecular weight is 283 g/mol. The van der Waals surface area contributed by atoms with Gasteiger partial charge in [0.05, 0.1) is 6.04 Å². The molecule has 19 heavy (non-hydrogen) atoms. The molecule has 0 aromatic heterocycles. The number of amides is 1. The van der Waals surface area contributed by atoms with Gasteiger partial charge in [0.1, 0.15) is 0 Å². The summed E-state index contributed by atoms with van der Waals surface area (Å²) in [5.41, 5.74) is 1.05. The molecule has 1 aromatic carbocycles. The van der Waals surface area contributed by atoms with Gasteiger partial charge in [-0.2, -0.15) is 0 Å². The Labute approximate surface area is 120 Å². The highest BCUT2D eigenvalue weighted by molar-refractivity contribution is 6.30. The van der Waals surface area contributed by atoms with E-state index in [-0.39, 0.29) is 17.9 Å². The maximum atomic E-state index is 12.1. The van der Waals surface area contributed by atoms with E-state index in [0.29, 0.717) is 11.6 Å². The SMILES string of the molecule is CCNCC(C)C(=O)NC(CC)c1cccc(Cl)c1. The van der Waals surface area contributed by atoms with E-state index in [4.69, 9.17) is 11.6 Å². The van der Waals surface area contributed by atoms with Crippen molar-refractivity contribution >= 4 is 17.5 Å². The van der Waals surface area contributed by atoms with Crippen LogP contribution in [0.1, 0.15) is 38.8 Å². The van der Waals surface area contributed by atoms with Crippen LogP contribution in [0.15, 0.2) is 24.3 Å². The minimum Gasteiger partial charge on any atom is -0.349 e. The molecule has 1 amide bonds. The van der Waals surface area contributed by atoms with Crippen molar-refractivity contribution in [1.82, 2.24) is 10.6 Å². The zero-order chi connectivity index (χ0) is 14.3. The van der Waals surface area contributed by atoms with Gasteiger partial charge in [-0.1, -0.05) is 44.5 Å². The largest absolute Gasteiger partial charge is 0.349 e. The standard InChI is InChI=1S/C15H23ClN2O/c1-4-14(12-7-6-8-13(16)9-12)18-15(19)11(3)10-17-5-2/h6-9,11,14,17H,4-5,10H2,1-3H3,(H,18,19). The van der Waals surface area contributed by atoms with E-state index < -0.39 is 0 Å². The number of halogens is 1. The van der Waals surface area contributed by atoms with Crippen LogP contribution in [0.5, 0.6) is 0 Å². The second kappa shape index (κ2) is 8.18. The molecular weight excluding hydrogens is 260 g/mol. The lowest BCUT2D eigenvalue weighted by Gasteiger charge is -2.20. The molecule has 0 heterocycles. The summed E-state index contributed by atoms with van der Waals surface area (Å²) in [5.74, 6) is 0.0426. The van der Waals surface area contributed by atoms with Crippen molar-refractivity contribution in [3.05, 3.63) is 34.9 Å². The van der Waals surface area contributed by atoms with Gasteiger partial charge in [-0.25, -0.2) is 0 Å². The van der Waals surface area contributed by atoms with Crippen molar-refractivity contribution in [2.24, 2.45) is 5.92 Å². The quantitative estimate of drug-likeness (QED) is 0.807. The second-order valence-electron chi connectivity index (χ2n) is 4.73. The third-order valence-electron chi connectivity index (χ3n) is 3.12. The molecule has 0 radical (unpaired) electrons. The number of benzene rings is 1. The fourth-order valence-electron chi connectivity index (χ4n) is 1.91. The van der Waals surface area contributed by atoms with Crippen molar-refractivity contribution in [1.29, 1.82) is 0 Å². The molecule has 3 nitrogen and oxygen atoms in total. The van der Waals surface area contributed by atoms with E-state index >= 15 is 0 Å². The molecule has 0 fully saturated rings. The van der Waals surface area contributed by atoms with Crippen molar-refractivity contribution < 1.29 is 4.79 Å². The summed E-state index contributed by atoms with van der Waals surface area (Å²) in [5, 5.41) is 6.97. The van der Waals surface area contributed by atoms with Gasteiger partial charge in [0.25, 0.3) is 0 Å². The second-order valence-corrected chi connectivity index (χ2v) is 5.17. The first-order valence-electron chi connectivity index (χ1n) is 6.85. The molecule has 2 unspecified atom stereocenters. The molecule has 0 saturated heterocycles. The van der Waals surface area contributed by atoms with Crippen LogP contribution in [0.25, 0.3) is 0 Å². The van der Waals surface area contributed by atoms with Gasteiger partial charge in [-0.05, 0) is 30.7 Å². The van der Waals surface area contributed by atoms with Gasteiger partial charge in [0, 0.05) is 17.5 Å². The van der Waals surface area contributed by atoms with Crippen LogP contribution in [0.3, 0.4) is 0 Å². The maximum absolute atomic E-state index is 12.1. The first-order valence-corrected chi connectivity index (χ1v) is 7.22. The Kier molecular flexibility index (Phi) is 6.89. The highest BCUT2D eigenvalue weighted by Gasteiger charge is 2.17. The molecule has 0 aliphatic rings. The topological polar surface area (TPSA) is 41.1 Å². The van der Waals surface area contributed by atoms with Gasteiger partial charge < -0.3 is 10.6 Å². The molecule has 0 saturated carbocycles. The molecule has 0 spiro atoms. The molecule has 1 aromatic rings. The third kappa shape index (κ3) is 5.21. The smallest absolute Gasteiger partial charge is 0.224 e.